The first kappa shape index (κ1) is 14.9. The van der Waals surface area contributed by atoms with Crippen LogP contribution in [0.4, 0.5) is 5.00 Å². The van der Waals surface area contributed by atoms with Crippen molar-refractivity contribution < 1.29 is 17.9 Å². The van der Waals surface area contributed by atoms with Crippen LogP contribution in [0.3, 0.4) is 0 Å². The maximum absolute atomic E-state index is 11.8. The van der Waals surface area contributed by atoms with Gasteiger partial charge >= 0.3 is 5.97 Å². The maximum atomic E-state index is 11.8. The largest absolute Gasteiger partial charge is 0.462 e. The summed E-state index contributed by atoms with van der Waals surface area (Å²) in [6, 6.07) is 0. The molecule has 0 fully saturated rings. The molecule has 0 aliphatic heterocycles. The van der Waals surface area contributed by atoms with Crippen molar-refractivity contribution in [3.63, 3.8) is 0 Å². The fourth-order valence-electron chi connectivity index (χ4n) is 1.32. The van der Waals surface area contributed by atoms with Gasteiger partial charge in [0, 0.05) is 11.9 Å². The fraction of sp³-hybridized carbons (Fsp3) is 0.500. The lowest BCUT2D eigenvalue weighted by molar-refractivity contribution is 0.0527. The lowest BCUT2D eigenvalue weighted by Crippen LogP contribution is -2.26. The minimum absolute atomic E-state index is 0.241. The third-order valence-electron chi connectivity index (χ3n) is 2.36. The monoisotopic (exact) mass is 292 g/mol. The lowest BCUT2D eigenvalue weighted by Gasteiger charge is -2.07. The summed E-state index contributed by atoms with van der Waals surface area (Å²) >= 11 is 1.21. The van der Waals surface area contributed by atoms with Gasteiger partial charge < -0.3 is 4.74 Å². The van der Waals surface area contributed by atoms with Gasteiger partial charge in [0.25, 0.3) is 10.2 Å². The van der Waals surface area contributed by atoms with Crippen molar-refractivity contribution in [1.29, 1.82) is 0 Å². The normalized spacial score (nSPS) is 11.3. The summed E-state index contributed by atoms with van der Waals surface area (Å²) in [5.41, 5.74) is 1.01. The number of nitrogens with one attached hydrogen (secondary N) is 2. The molecule has 0 atom stereocenters. The summed E-state index contributed by atoms with van der Waals surface area (Å²) in [6.45, 7) is 5.52. The van der Waals surface area contributed by atoms with Crippen LogP contribution < -0.4 is 9.44 Å². The number of hydrogen-bond donors (Lipinski definition) is 2. The van der Waals surface area contributed by atoms with Gasteiger partial charge in [-0.3, -0.25) is 4.72 Å². The van der Waals surface area contributed by atoms with Crippen molar-refractivity contribution >= 4 is 32.5 Å². The Morgan fingerprint density at radius 1 is 1.39 bits per heavy atom. The highest BCUT2D eigenvalue weighted by atomic mass is 32.2. The Labute approximate surface area is 111 Å². The van der Waals surface area contributed by atoms with Crippen LogP contribution in [0.2, 0.25) is 0 Å². The van der Waals surface area contributed by atoms with E-state index < -0.39 is 16.2 Å². The number of ether oxygens (including phenoxy) is 1. The van der Waals surface area contributed by atoms with Gasteiger partial charge in [0.05, 0.1) is 12.2 Å². The van der Waals surface area contributed by atoms with Crippen molar-refractivity contribution in [1.82, 2.24) is 4.72 Å². The Morgan fingerprint density at radius 3 is 2.50 bits per heavy atom. The summed E-state index contributed by atoms with van der Waals surface area (Å²) in [5, 5.41) is 0.276. The van der Waals surface area contributed by atoms with E-state index in [-0.39, 0.29) is 17.2 Å². The van der Waals surface area contributed by atoms with Gasteiger partial charge in [-0.1, -0.05) is 0 Å². The van der Waals surface area contributed by atoms with E-state index in [9.17, 15) is 13.2 Å². The quantitative estimate of drug-likeness (QED) is 0.804. The highest BCUT2D eigenvalue weighted by Gasteiger charge is 2.23. The molecule has 0 bridgehead atoms. The molecule has 0 saturated heterocycles. The molecule has 8 heteroatoms. The SMILES string of the molecule is CCOC(=O)c1c(NS(=O)(=O)NC)sc(C)c1C. The van der Waals surface area contributed by atoms with E-state index in [1.165, 1.54) is 18.4 Å². The van der Waals surface area contributed by atoms with Crippen molar-refractivity contribution in [2.75, 3.05) is 18.4 Å². The van der Waals surface area contributed by atoms with Crippen LogP contribution in [0.15, 0.2) is 0 Å². The van der Waals surface area contributed by atoms with Crippen LogP contribution in [0.1, 0.15) is 27.7 Å². The van der Waals surface area contributed by atoms with Crippen molar-refractivity contribution in [2.24, 2.45) is 0 Å². The number of anilines is 1. The number of rotatable bonds is 5. The molecule has 1 aromatic heterocycles. The summed E-state index contributed by atoms with van der Waals surface area (Å²) in [4.78, 5) is 12.7. The Kier molecular flexibility index (Phi) is 4.71. The summed E-state index contributed by atoms with van der Waals surface area (Å²) in [7, 11) is -2.35. The van der Waals surface area contributed by atoms with Crippen LogP contribution in [-0.2, 0) is 14.9 Å². The molecule has 0 unspecified atom stereocenters. The van der Waals surface area contributed by atoms with Crippen LogP contribution in [-0.4, -0.2) is 28.0 Å². The number of aryl methyl sites for hydroxylation is 1. The molecule has 1 aromatic rings. The van der Waals surface area contributed by atoms with E-state index in [4.69, 9.17) is 4.74 Å². The predicted molar refractivity (Wildman–Crippen MR) is 71.4 cm³/mol. The Hall–Kier alpha value is -1.12. The molecule has 2 N–H and O–H groups in total. The molecular weight excluding hydrogens is 276 g/mol. The average molecular weight is 292 g/mol. The first-order chi connectivity index (χ1) is 8.32. The number of thiophene rings is 1. The fourth-order valence-corrected chi connectivity index (χ4v) is 3.16. The van der Waals surface area contributed by atoms with Gasteiger partial charge in [0.1, 0.15) is 5.00 Å². The third-order valence-corrected chi connectivity index (χ3v) is 4.62. The second kappa shape index (κ2) is 5.68. The minimum atomic E-state index is -3.64. The smallest absolute Gasteiger partial charge is 0.341 e. The number of carbonyl (C=O) groups is 1. The predicted octanol–water partition coefficient (Wildman–Crippen LogP) is 1.42. The zero-order chi connectivity index (χ0) is 13.9. The van der Waals surface area contributed by atoms with Crippen LogP contribution in [0, 0.1) is 13.8 Å². The van der Waals surface area contributed by atoms with Crippen molar-refractivity contribution in [2.45, 2.75) is 20.8 Å². The molecule has 0 spiro atoms. The summed E-state index contributed by atoms with van der Waals surface area (Å²) < 4.78 is 32.3. The topological polar surface area (TPSA) is 84.5 Å². The highest BCUT2D eigenvalue weighted by molar-refractivity contribution is 7.91. The van der Waals surface area contributed by atoms with E-state index in [2.05, 4.69) is 9.44 Å². The standard InChI is InChI=1S/C10H16N2O4S2/c1-5-16-10(13)8-6(2)7(3)17-9(8)12-18(14,15)11-4/h11-12H,5H2,1-4H3. The Bertz CT molecular complexity index is 548. The van der Waals surface area contributed by atoms with Crippen LogP contribution >= 0.6 is 11.3 Å². The van der Waals surface area contributed by atoms with E-state index >= 15 is 0 Å². The summed E-state index contributed by atoms with van der Waals surface area (Å²) in [6.07, 6.45) is 0. The van der Waals surface area contributed by atoms with E-state index in [1.807, 2.05) is 6.92 Å². The zero-order valence-corrected chi connectivity index (χ0v) is 12.3. The van der Waals surface area contributed by atoms with Gasteiger partial charge in [-0.15, -0.1) is 11.3 Å². The minimum Gasteiger partial charge on any atom is -0.462 e. The molecule has 0 radical (unpaired) electrons. The van der Waals surface area contributed by atoms with Gasteiger partial charge in [-0.25, -0.2) is 9.52 Å². The van der Waals surface area contributed by atoms with Gasteiger partial charge in [-0.05, 0) is 26.3 Å². The number of esters is 1. The molecule has 0 amide bonds. The van der Waals surface area contributed by atoms with E-state index in [1.54, 1.807) is 13.8 Å². The first-order valence-electron chi connectivity index (χ1n) is 5.30. The Morgan fingerprint density at radius 2 is 2.00 bits per heavy atom. The van der Waals surface area contributed by atoms with E-state index in [0.29, 0.717) is 0 Å². The maximum Gasteiger partial charge on any atom is 0.341 e. The van der Waals surface area contributed by atoms with Crippen LogP contribution in [0.25, 0.3) is 0 Å². The molecule has 1 rings (SSSR count). The molecule has 18 heavy (non-hydrogen) atoms. The molecule has 0 saturated carbocycles. The molecule has 0 aromatic carbocycles. The first-order valence-corrected chi connectivity index (χ1v) is 7.60. The molecular formula is C10H16N2O4S2. The van der Waals surface area contributed by atoms with E-state index in [0.717, 1.165) is 10.4 Å². The molecule has 1 heterocycles. The second-order valence-electron chi connectivity index (χ2n) is 3.52. The summed E-state index contributed by atoms with van der Waals surface area (Å²) in [5.74, 6) is -0.520. The number of hydrogen-bond acceptors (Lipinski definition) is 5. The Balaban J connectivity index is 3.20. The highest BCUT2D eigenvalue weighted by Crippen LogP contribution is 2.33. The lowest BCUT2D eigenvalue weighted by atomic mass is 10.2. The average Bonchev–Trinajstić information content (AvgIpc) is 2.54. The van der Waals surface area contributed by atoms with Crippen LogP contribution in [0.5, 0.6) is 0 Å². The number of carbonyl (C=O) groups excluding carboxylic acids is 1. The second-order valence-corrected chi connectivity index (χ2v) is 6.36. The molecule has 102 valence electrons. The molecule has 0 aliphatic carbocycles. The van der Waals surface area contributed by atoms with Gasteiger partial charge in [0.15, 0.2) is 0 Å². The van der Waals surface area contributed by atoms with Crippen molar-refractivity contribution in [3.05, 3.63) is 16.0 Å². The van der Waals surface area contributed by atoms with Gasteiger partial charge in [-0.2, -0.15) is 8.42 Å². The molecule has 0 aliphatic rings. The third kappa shape index (κ3) is 3.21. The zero-order valence-electron chi connectivity index (χ0n) is 10.7. The van der Waals surface area contributed by atoms with Crippen molar-refractivity contribution in [3.8, 4) is 0 Å². The van der Waals surface area contributed by atoms with Gasteiger partial charge in [0.2, 0.25) is 0 Å². The molecule has 6 nitrogen and oxygen atoms in total.